The number of para-hydroxylation sites is 1. The number of carbonyl (C=O) groups is 1. The van der Waals surface area contributed by atoms with E-state index < -0.39 is 10.2 Å². The fraction of sp³-hybridized carbons (Fsp3) is 0.417. The van der Waals surface area contributed by atoms with Crippen molar-refractivity contribution >= 4 is 21.8 Å². The second-order valence-corrected chi connectivity index (χ2v) is 5.91. The second-order valence-electron chi connectivity index (χ2n) is 4.47. The first-order valence-electron chi connectivity index (χ1n) is 6.23. The predicted molar refractivity (Wildman–Crippen MR) is 78.6 cm³/mol. The molecule has 8 heteroatoms. The van der Waals surface area contributed by atoms with Gasteiger partial charge in [-0.05, 0) is 26.0 Å². The summed E-state index contributed by atoms with van der Waals surface area (Å²) < 4.78 is 28.4. The van der Waals surface area contributed by atoms with Crippen LogP contribution in [-0.4, -0.2) is 33.5 Å². The lowest BCUT2D eigenvalue weighted by atomic mass is 10.1. The highest BCUT2D eigenvalue weighted by Gasteiger charge is 2.16. The van der Waals surface area contributed by atoms with Gasteiger partial charge < -0.3 is 11.1 Å². The highest BCUT2D eigenvalue weighted by atomic mass is 32.2. The van der Waals surface area contributed by atoms with Gasteiger partial charge in [0.05, 0.1) is 11.3 Å². The van der Waals surface area contributed by atoms with Gasteiger partial charge in [0.1, 0.15) is 0 Å². The summed E-state index contributed by atoms with van der Waals surface area (Å²) >= 11 is 0. The monoisotopic (exact) mass is 300 g/mol. The molecule has 1 rings (SSSR count). The molecule has 0 aliphatic rings. The molecule has 20 heavy (non-hydrogen) atoms. The van der Waals surface area contributed by atoms with Crippen molar-refractivity contribution in [2.45, 2.75) is 19.9 Å². The number of rotatable bonds is 7. The quantitative estimate of drug-likeness (QED) is 0.569. The summed E-state index contributed by atoms with van der Waals surface area (Å²) in [4.78, 5) is 11.9. The predicted octanol–water partition coefficient (Wildman–Crippen LogP) is 0.0298. The van der Waals surface area contributed by atoms with Gasteiger partial charge in [-0.3, -0.25) is 9.52 Å². The molecule has 0 aliphatic heterocycles. The maximum Gasteiger partial charge on any atom is 0.299 e. The van der Waals surface area contributed by atoms with Crippen LogP contribution in [0.15, 0.2) is 24.3 Å². The molecule has 5 N–H and O–H groups in total. The highest BCUT2D eigenvalue weighted by molar-refractivity contribution is 7.90. The van der Waals surface area contributed by atoms with Crippen molar-refractivity contribution < 1.29 is 13.2 Å². The van der Waals surface area contributed by atoms with Crippen molar-refractivity contribution in [2.75, 3.05) is 17.8 Å². The Morgan fingerprint density at radius 1 is 1.30 bits per heavy atom. The molecule has 112 valence electrons. The van der Waals surface area contributed by atoms with Gasteiger partial charge in [0, 0.05) is 19.1 Å². The lowest BCUT2D eigenvalue weighted by Gasteiger charge is -2.14. The summed E-state index contributed by atoms with van der Waals surface area (Å²) in [6.45, 7) is 4.05. The normalized spacial score (nSPS) is 11.4. The second kappa shape index (κ2) is 7.22. The molecule has 0 unspecified atom stereocenters. The summed E-state index contributed by atoms with van der Waals surface area (Å²) in [6.07, 6.45) is 0. The van der Waals surface area contributed by atoms with Gasteiger partial charge in [-0.1, -0.05) is 12.1 Å². The summed E-state index contributed by atoms with van der Waals surface area (Å²) in [5.41, 5.74) is 5.78. The number of anilines is 1. The van der Waals surface area contributed by atoms with E-state index in [0.29, 0.717) is 13.1 Å². The van der Waals surface area contributed by atoms with Crippen molar-refractivity contribution in [3.8, 4) is 0 Å². The molecule has 1 aromatic rings. The molecule has 0 saturated heterocycles. The van der Waals surface area contributed by atoms with Crippen molar-refractivity contribution in [3.05, 3.63) is 29.8 Å². The van der Waals surface area contributed by atoms with Crippen LogP contribution in [0, 0.1) is 0 Å². The van der Waals surface area contributed by atoms with Crippen LogP contribution in [0.1, 0.15) is 24.2 Å². The summed E-state index contributed by atoms with van der Waals surface area (Å²) in [7, 11) is -3.72. The van der Waals surface area contributed by atoms with Gasteiger partial charge in [0.2, 0.25) is 0 Å². The largest absolute Gasteiger partial charge is 0.351 e. The first-order chi connectivity index (χ1) is 9.35. The van der Waals surface area contributed by atoms with Crippen molar-refractivity contribution in [1.29, 1.82) is 0 Å². The average molecular weight is 300 g/mol. The summed E-state index contributed by atoms with van der Waals surface area (Å²) in [5, 5.41) is 2.60. The topological polar surface area (TPSA) is 113 Å². The third-order valence-electron chi connectivity index (χ3n) is 2.24. The van der Waals surface area contributed by atoms with Gasteiger partial charge in [-0.15, -0.1) is 0 Å². The third kappa shape index (κ3) is 5.16. The molecular weight excluding hydrogens is 280 g/mol. The van der Waals surface area contributed by atoms with E-state index in [1.54, 1.807) is 32.0 Å². The van der Waals surface area contributed by atoms with Gasteiger partial charge in [-0.25, -0.2) is 0 Å². The molecule has 0 aliphatic carbocycles. The number of nitrogens with two attached hydrogens (primary N) is 1. The Bertz CT molecular complexity index is 558. The first-order valence-corrected chi connectivity index (χ1v) is 7.71. The molecule has 0 fully saturated rings. The Hall–Kier alpha value is -1.64. The molecule has 0 heterocycles. The SMILES string of the molecule is CC(C)NS(=O)(=O)Nc1ccccc1C(=O)NCCN. The van der Waals surface area contributed by atoms with Crippen LogP contribution in [0.5, 0.6) is 0 Å². The Morgan fingerprint density at radius 2 is 1.95 bits per heavy atom. The molecule has 1 amide bonds. The molecule has 7 nitrogen and oxygen atoms in total. The fourth-order valence-corrected chi connectivity index (χ4v) is 2.68. The zero-order valence-electron chi connectivity index (χ0n) is 11.5. The van der Waals surface area contributed by atoms with E-state index in [4.69, 9.17) is 5.73 Å². The molecule has 0 aromatic heterocycles. The van der Waals surface area contributed by atoms with E-state index in [0.717, 1.165) is 0 Å². The minimum Gasteiger partial charge on any atom is -0.351 e. The smallest absolute Gasteiger partial charge is 0.299 e. The van der Waals surface area contributed by atoms with Gasteiger partial charge in [0.15, 0.2) is 0 Å². The lowest BCUT2D eigenvalue weighted by molar-refractivity contribution is 0.0955. The van der Waals surface area contributed by atoms with Crippen LogP contribution < -0.4 is 20.5 Å². The van der Waals surface area contributed by atoms with Crippen LogP contribution in [0.3, 0.4) is 0 Å². The maximum atomic E-state index is 11.9. The molecule has 0 spiro atoms. The van der Waals surface area contributed by atoms with E-state index in [-0.39, 0.29) is 23.2 Å². The lowest BCUT2D eigenvalue weighted by Crippen LogP contribution is -2.36. The highest BCUT2D eigenvalue weighted by Crippen LogP contribution is 2.16. The number of hydrogen-bond acceptors (Lipinski definition) is 4. The van der Waals surface area contributed by atoms with E-state index >= 15 is 0 Å². The van der Waals surface area contributed by atoms with Gasteiger partial charge in [0.25, 0.3) is 16.1 Å². The third-order valence-corrected chi connectivity index (χ3v) is 3.51. The molecule has 1 aromatic carbocycles. The number of hydrogen-bond donors (Lipinski definition) is 4. The Balaban J connectivity index is 2.93. The Labute approximate surface area is 119 Å². The first kappa shape index (κ1) is 16.4. The van der Waals surface area contributed by atoms with Crippen molar-refractivity contribution in [3.63, 3.8) is 0 Å². The standard InChI is InChI=1S/C12H20N4O3S/c1-9(2)15-20(18,19)16-11-6-4-3-5-10(11)12(17)14-8-7-13/h3-6,9,15-16H,7-8,13H2,1-2H3,(H,14,17). The Kier molecular flexibility index (Phi) is 5.93. The molecular formula is C12H20N4O3S. The fourth-order valence-electron chi connectivity index (χ4n) is 1.54. The van der Waals surface area contributed by atoms with Crippen LogP contribution in [-0.2, 0) is 10.2 Å². The minimum absolute atomic E-state index is 0.218. The van der Waals surface area contributed by atoms with Crippen molar-refractivity contribution in [1.82, 2.24) is 10.0 Å². The molecule has 0 atom stereocenters. The Morgan fingerprint density at radius 3 is 2.55 bits per heavy atom. The van der Waals surface area contributed by atoms with Gasteiger partial charge in [-0.2, -0.15) is 13.1 Å². The maximum absolute atomic E-state index is 11.9. The minimum atomic E-state index is -3.72. The average Bonchev–Trinajstić information content (AvgIpc) is 2.34. The molecule has 0 radical (unpaired) electrons. The zero-order chi connectivity index (χ0) is 15.2. The number of carbonyl (C=O) groups excluding carboxylic acids is 1. The van der Waals surface area contributed by atoms with E-state index in [2.05, 4.69) is 14.8 Å². The van der Waals surface area contributed by atoms with Crippen molar-refractivity contribution in [2.24, 2.45) is 5.73 Å². The summed E-state index contributed by atoms with van der Waals surface area (Å²) in [6, 6.07) is 6.12. The molecule has 0 saturated carbocycles. The van der Waals surface area contributed by atoms with Crippen LogP contribution in [0.4, 0.5) is 5.69 Å². The summed E-state index contributed by atoms with van der Waals surface area (Å²) in [5.74, 6) is -0.377. The van der Waals surface area contributed by atoms with E-state index in [9.17, 15) is 13.2 Å². The van der Waals surface area contributed by atoms with E-state index in [1.807, 2.05) is 0 Å². The van der Waals surface area contributed by atoms with Gasteiger partial charge >= 0.3 is 0 Å². The number of amides is 1. The van der Waals surface area contributed by atoms with Crippen LogP contribution in [0.25, 0.3) is 0 Å². The van der Waals surface area contributed by atoms with E-state index in [1.165, 1.54) is 6.07 Å². The molecule has 0 bridgehead atoms. The number of benzene rings is 1. The van der Waals surface area contributed by atoms with Crippen LogP contribution >= 0.6 is 0 Å². The van der Waals surface area contributed by atoms with Crippen LogP contribution in [0.2, 0.25) is 0 Å². The number of nitrogens with one attached hydrogen (secondary N) is 3. The zero-order valence-corrected chi connectivity index (χ0v) is 12.3.